The fraction of sp³-hybridized carbons (Fsp3) is 0.538. The van der Waals surface area contributed by atoms with Crippen LogP contribution < -0.4 is 10.1 Å². The van der Waals surface area contributed by atoms with Crippen LogP contribution in [0, 0.1) is 10.1 Å². The van der Waals surface area contributed by atoms with Crippen LogP contribution in [-0.4, -0.2) is 24.6 Å². The number of hydrogen-bond acceptors (Lipinski definition) is 4. The minimum absolute atomic E-state index is 0.00422. The van der Waals surface area contributed by atoms with Crippen molar-refractivity contribution in [2.45, 2.75) is 32.7 Å². The van der Waals surface area contributed by atoms with Gasteiger partial charge in [-0.3, -0.25) is 10.1 Å². The van der Waals surface area contributed by atoms with Gasteiger partial charge in [0, 0.05) is 12.1 Å². The van der Waals surface area contributed by atoms with Crippen LogP contribution in [0.15, 0.2) is 18.2 Å². The van der Waals surface area contributed by atoms with Gasteiger partial charge in [-0.1, -0.05) is 19.9 Å². The highest BCUT2D eigenvalue weighted by Gasteiger charge is 2.19. The third-order valence-corrected chi connectivity index (χ3v) is 3.20. The maximum atomic E-state index is 10.8. The van der Waals surface area contributed by atoms with Gasteiger partial charge in [0.2, 0.25) is 0 Å². The van der Waals surface area contributed by atoms with Crippen molar-refractivity contribution in [1.29, 1.82) is 0 Å². The summed E-state index contributed by atoms with van der Waals surface area (Å²) in [6, 6.07) is 5.35. The quantitative estimate of drug-likeness (QED) is 0.624. The Morgan fingerprint density at radius 2 is 2.11 bits per heavy atom. The zero-order valence-electron chi connectivity index (χ0n) is 11.3. The normalized spacial score (nSPS) is 14.0. The summed E-state index contributed by atoms with van der Waals surface area (Å²) in [5.74, 6) is 0.577. The van der Waals surface area contributed by atoms with Gasteiger partial charge in [-0.2, -0.15) is 0 Å². The van der Waals surface area contributed by atoms with Crippen molar-refractivity contribution >= 4 is 5.69 Å². The van der Waals surface area contributed by atoms with E-state index in [0.29, 0.717) is 11.8 Å². The van der Waals surface area contributed by atoms with Crippen LogP contribution in [0.4, 0.5) is 5.69 Å². The van der Waals surface area contributed by atoms with E-state index in [-0.39, 0.29) is 11.6 Å². The van der Waals surface area contributed by atoms with Gasteiger partial charge in [0.1, 0.15) is 0 Å². The molecule has 0 fully saturated rings. The van der Waals surface area contributed by atoms with E-state index in [1.54, 1.807) is 12.1 Å². The molecule has 0 saturated heterocycles. The summed E-state index contributed by atoms with van der Waals surface area (Å²) in [5.41, 5.74) is 1.04. The maximum Gasteiger partial charge on any atom is 0.310 e. The molecule has 1 N–H and O–H groups in total. The molecule has 0 spiro atoms. The third kappa shape index (κ3) is 3.20. The van der Waals surface area contributed by atoms with Crippen molar-refractivity contribution in [3.8, 4) is 5.75 Å². The lowest BCUT2D eigenvalue weighted by atomic mass is 9.94. The Bertz CT molecular complexity index is 421. The average Bonchev–Trinajstić information content (AvgIpc) is 2.37. The molecule has 100 valence electrons. The minimum Gasteiger partial charge on any atom is -0.490 e. The number of rotatable bonds is 6. The smallest absolute Gasteiger partial charge is 0.310 e. The highest BCUT2D eigenvalue weighted by Crippen LogP contribution is 2.31. The molecule has 0 aromatic heterocycles. The summed E-state index contributed by atoms with van der Waals surface area (Å²) in [6.45, 7) is 7.14. The second kappa shape index (κ2) is 6.35. The summed E-state index contributed by atoms with van der Waals surface area (Å²) in [4.78, 5) is 10.4. The van der Waals surface area contributed by atoms with E-state index in [4.69, 9.17) is 4.74 Å². The molecule has 0 bridgehead atoms. The Hall–Kier alpha value is -1.62. The molecule has 0 heterocycles. The molecule has 2 unspecified atom stereocenters. The van der Waals surface area contributed by atoms with Crippen LogP contribution in [0.3, 0.4) is 0 Å². The number of hydrogen-bond donors (Lipinski definition) is 1. The fourth-order valence-corrected chi connectivity index (χ4v) is 1.92. The lowest BCUT2D eigenvalue weighted by Crippen LogP contribution is -2.30. The minimum atomic E-state index is -0.430. The fourth-order valence-electron chi connectivity index (χ4n) is 1.92. The van der Waals surface area contributed by atoms with Crippen LogP contribution in [0.25, 0.3) is 0 Å². The standard InChI is InChI=1S/C13H20N2O3/c1-5-14-10(3)9(2)11-6-7-12(15(16)17)13(8-11)18-4/h6-10,14H,5H2,1-4H3. The topological polar surface area (TPSA) is 64.4 Å². The van der Waals surface area contributed by atoms with Crippen molar-refractivity contribution in [2.75, 3.05) is 13.7 Å². The summed E-state index contributed by atoms with van der Waals surface area (Å²) < 4.78 is 5.08. The number of nitro groups is 1. The predicted octanol–water partition coefficient (Wildman–Crippen LogP) is 2.70. The Balaban J connectivity index is 3.01. The van der Waals surface area contributed by atoms with Crippen molar-refractivity contribution in [3.63, 3.8) is 0 Å². The number of nitrogens with one attached hydrogen (secondary N) is 1. The summed E-state index contributed by atoms with van der Waals surface area (Å²) in [6.07, 6.45) is 0. The summed E-state index contributed by atoms with van der Waals surface area (Å²) in [7, 11) is 1.45. The Kier molecular flexibility index (Phi) is 5.09. The lowest BCUT2D eigenvalue weighted by molar-refractivity contribution is -0.385. The highest BCUT2D eigenvalue weighted by atomic mass is 16.6. The van der Waals surface area contributed by atoms with Crippen LogP contribution in [0.5, 0.6) is 5.75 Å². The van der Waals surface area contributed by atoms with Crippen LogP contribution in [0.1, 0.15) is 32.3 Å². The molecule has 18 heavy (non-hydrogen) atoms. The molecule has 1 aromatic carbocycles. The Morgan fingerprint density at radius 3 is 2.61 bits per heavy atom. The zero-order chi connectivity index (χ0) is 13.7. The first-order valence-corrected chi connectivity index (χ1v) is 6.07. The number of methoxy groups -OCH3 is 1. The van der Waals surface area contributed by atoms with Crippen molar-refractivity contribution in [1.82, 2.24) is 5.32 Å². The first-order chi connectivity index (χ1) is 8.51. The molecule has 5 heteroatoms. The number of likely N-dealkylation sites (N-methyl/N-ethyl adjacent to an activating group) is 1. The number of nitrogens with zero attached hydrogens (tertiary/aromatic N) is 1. The van der Waals surface area contributed by atoms with E-state index in [0.717, 1.165) is 12.1 Å². The molecule has 5 nitrogen and oxygen atoms in total. The molecule has 0 aliphatic heterocycles. The van der Waals surface area contributed by atoms with E-state index in [2.05, 4.69) is 26.1 Å². The van der Waals surface area contributed by atoms with Gasteiger partial charge in [0.05, 0.1) is 12.0 Å². The zero-order valence-corrected chi connectivity index (χ0v) is 11.3. The molecule has 0 saturated carbocycles. The SMILES string of the molecule is CCNC(C)C(C)c1ccc([N+](=O)[O-])c(OC)c1. The van der Waals surface area contributed by atoms with E-state index in [9.17, 15) is 10.1 Å². The molecular weight excluding hydrogens is 232 g/mol. The predicted molar refractivity (Wildman–Crippen MR) is 71.2 cm³/mol. The first kappa shape index (κ1) is 14.4. The van der Waals surface area contributed by atoms with Crippen molar-refractivity contribution < 1.29 is 9.66 Å². The Morgan fingerprint density at radius 1 is 1.44 bits per heavy atom. The largest absolute Gasteiger partial charge is 0.490 e. The van der Waals surface area contributed by atoms with Gasteiger partial charge in [-0.05, 0) is 31.0 Å². The van der Waals surface area contributed by atoms with Crippen LogP contribution in [-0.2, 0) is 0 Å². The average molecular weight is 252 g/mol. The van der Waals surface area contributed by atoms with Crippen molar-refractivity contribution in [3.05, 3.63) is 33.9 Å². The summed E-state index contributed by atoms with van der Waals surface area (Å²) >= 11 is 0. The van der Waals surface area contributed by atoms with Gasteiger partial charge in [0.15, 0.2) is 5.75 Å². The van der Waals surface area contributed by atoms with E-state index in [1.807, 2.05) is 0 Å². The Labute approximate surface area is 107 Å². The molecule has 0 amide bonds. The molecular formula is C13H20N2O3. The third-order valence-electron chi connectivity index (χ3n) is 3.20. The number of benzene rings is 1. The molecule has 2 atom stereocenters. The molecule has 0 aliphatic carbocycles. The van der Waals surface area contributed by atoms with Gasteiger partial charge in [-0.15, -0.1) is 0 Å². The van der Waals surface area contributed by atoms with Gasteiger partial charge in [0.25, 0.3) is 0 Å². The van der Waals surface area contributed by atoms with Gasteiger partial charge >= 0.3 is 5.69 Å². The number of ether oxygens (including phenoxy) is 1. The molecule has 0 aliphatic rings. The highest BCUT2D eigenvalue weighted by molar-refractivity contribution is 5.49. The van der Waals surface area contributed by atoms with Crippen LogP contribution >= 0.6 is 0 Å². The maximum absolute atomic E-state index is 10.8. The van der Waals surface area contributed by atoms with E-state index in [1.165, 1.54) is 13.2 Å². The van der Waals surface area contributed by atoms with Crippen molar-refractivity contribution in [2.24, 2.45) is 0 Å². The second-order valence-electron chi connectivity index (χ2n) is 4.32. The van der Waals surface area contributed by atoms with E-state index >= 15 is 0 Å². The first-order valence-electron chi connectivity index (χ1n) is 6.07. The molecule has 1 rings (SSSR count). The second-order valence-corrected chi connectivity index (χ2v) is 4.32. The number of nitro benzene ring substituents is 1. The molecule has 1 aromatic rings. The molecule has 0 radical (unpaired) electrons. The van der Waals surface area contributed by atoms with E-state index < -0.39 is 4.92 Å². The monoisotopic (exact) mass is 252 g/mol. The van der Waals surface area contributed by atoms with Crippen LogP contribution in [0.2, 0.25) is 0 Å². The van der Waals surface area contributed by atoms with Gasteiger partial charge < -0.3 is 10.1 Å². The summed E-state index contributed by atoms with van der Waals surface area (Å²) in [5, 5.41) is 14.2. The lowest BCUT2D eigenvalue weighted by Gasteiger charge is -2.21. The van der Waals surface area contributed by atoms with Gasteiger partial charge in [-0.25, -0.2) is 0 Å².